The van der Waals surface area contributed by atoms with Gasteiger partial charge < -0.3 is 15.2 Å². The molecule has 9 nitrogen and oxygen atoms in total. The number of carboxylic acids is 1. The lowest BCUT2D eigenvalue weighted by molar-refractivity contribution is -0.192. The maximum absolute atomic E-state index is 11.3. The fourth-order valence-electron chi connectivity index (χ4n) is 2.12. The number of nitrogens with zero attached hydrogens (tertiary/aromatic N) is 3. The summed E-state index contributed by atoms with van der Waals surface area (Å²) in [6.07, 6.45) is -0.648. The lowest BCUT2D eigenvalue weighted by atomic mass is 10.0. The van der Waals surface area contributed by atoms with E-state index in [0.717, 1.165) is 24.2 Å². The van der Waals surface area contributed by atoms with Crippen molar-refractivity contribution in [1.29, 1.82) is 0 Å². The predicted octanol–water partition coefficient (Wildman–Crippen LogP) is 1.11. The van der Waals surface area contributed by atoms with Crippen molar-refractivity contribution in [2.75, 3.05) is 20.2 Å². The predicted molar refractivity (Wildman–Crippen MR) is 93.3 cm³/mol. The summed E-state index contributed by atoms with van der Waals surface area (Å²) < 4.78 is 37.9. The Morgan fingerprint density at radius 2 is 2.11 bits per heavy atom. The third-order valence-corrected chi connectivity index (χ3v) is 4.52. The molecule has 1 fully saturated rings. The van der Waals surface area contributed by atoms with E-state index in [4.69, 9.17) is 9.90 Å². The molecule has 1 saturated heterocycles. The number of ether oxygens (including phenoxy) is 1. The molecular weight excluding hydrogens is 405 g/mol. The number of alkyl halides is 3. The van der Waals surface area contributed by atoms with Gasteiger partial charge in [-0.05, 0) is 24.6 Å². The Kier molecular flexibility index (Phi) is 9.12. The molecule has 1 aromatic rings. The van der Waals surface area contributed by atoms with Gasteiger partial charge in [-0.1, -0.05) is 17.0 Å². The number of thioether (sulfide) groups is 1. The van der Waals surface area contributed by atoms with Gasteiger partial charge in [0.05, 0.1) is 19.0 Å². The van der Waals surface area contributed by atoms with Gasteiger partial charge in [-0.2, -0.15) is 13.2 Å². The van der Waals surface area contributed by atoms with E-state index in [1.54, 1.807) is 13.1 Å². The molecule has 0 aromatic carbocycles. The van der Waals surface area contributed by atoms with Crippen LogP contribution in [0.4, 0.5) is 13.2 Å². The molecule has 13 heteroatoms. The summed E-state index contributed by atoms with van der Waals surface area (Å²) >= 11 is 1.34. The number of hydrogen-bond acceptors (Lipinski definition) is 8. The van der Waals surface area contributed by atoms with Crippen molar-refractivity contribution in [1.82, 2.24) is 20.3 Å². The summed E-state index contributed by atoms with van der Waals surface area (Å²) in [4.78, 5) is 31.6. The van der Waals surface area contributed by atoms with Gasteiger partial charge in [0, 0.05) is 18.7 Å². The number of aliphatic carboxylic acids is 1. The molecule has 0 amide bonds. The maximum Gasteiger partial charge on any atom is 0.490 e. The second kappa shape index (κ2) is 10.8. The molecule has 2 rings (SSSR count). The molecule has 156 valence electrons. The van der Waals surface area contributed by atoms with Crippen molar-refractivity contribution < 1.29 is 37.4 Å². The average Bonchev–Trinajstić information content (AvgIpc) is 3.02. The van der Waals surface area contributed by atoms with E-state index in [2.05, 4.69) is 20.4 Å². The minimum atomic E-state index is -5.08. The van der Waals surface area contributed by atoms with E-state index in [1.807, 2.05) is 6.08 Å². The van der Waals surface area contributed by atoms with Crippen LogP contribution < -0.4 is 5.32 Å². The summed E-state index contributed by atoms with van der Waals surface area (Å²) in [5.41, 5.74) is 1.84. The SMILES string of the molecule is COC(=O)Cn1nncc1/C=C1\CNCCC1SC(C)=O.O=C(O)C(F)(F)F. The lowest BCUT2D eigenvalue weighted by Crippen LogP contribution is -2.32. The second-order valence-electron chi connectivity index (χ2n) is 5.48. The van der Waals surface area contributed by atoms with Gasteiger partial charge >= 0.3 is 18.1 Å². The minimum absolute atomic E-state index is 0.0214. The van der Waals surface area contributed by atoms with Gasteiger partial charge in [-0.25, -0.2) is 9.48 Å². The Bertz CT molecular complexity index is 736. The van der Waals surface area contributed by atoms with E-state index in [-0.39, 0.29) is 22.9 Å². The van der Waals surface area contributed by atoms with E-state index < -0.39 is 12.1 Å². The number of nitrogens with one attached hydrogen (secondary N) is 1. The van der Waals surface area contributed by atoms with Gasteiger partial charge in [-0.3, -0.25) is 9.59 Å². The molecule has 1 unspecified atom stereocenters. The topological polar surface area (TPSA) is 123 Å². The molecule has 0 radical (unpaired) electrons. The Hall–Kier alpha value is -2.41. The number of hydrogen-bond donors (Lipinski definition) is 2. The molecule has 0 aliphatic carbocycles. The Morgan fingerprint density at radius 1 is 1.46 bits per heavy atom. The highest BCUT2D eigenvalue weighted by Crippen LogP contribution is 2.26. The van der Waals surface area contributed by atoms with E-state index in [9.17, 15) is 22.8 Å². The van der Waals surface area contributed by atoms with Crippen molar-refractivity contribution >= 4 is 34.9 Å². The molecule has 1 aliphatic heterocycles. The van der Waals surface area contributed by atoms with E-state index in [1.165, 1.54) is 23.6 Å². The summed E-state index contributed by atoms with van der Waals surface area (Å²) in [5.74, 6) is -3.14. The first-order valence-electron chi connectivity index (χ1n) is 7.88. The number of aromatic nitrogens is 3. The molecule has 1 aromatic heterocycles. The Balaban J connectivity index is 0.000000480. The molecule has 0 bridgehead atoms. The first-order valence-corrected chi connectivity index (χ1v) is 8.76. The second-order valence-corrected chi connectivity index (χ2v) is 6.86. The van der Waals surface area contributed by atoms with Crippen LogP contribution in [0, 0.1) is 0 Å². The highest BCUT2D eigenvalue weighted by molar-refractivity contribution is 8.14. The molecule has 2 N–H and O–H groups in total. The van der Waals surface area contributed by atoms with Crippen LogP contribution in [0.15, 0.2) is 11.8 Å². The Labute approximate surface area is 162 Å². The van der Waals surface area contributed by atoms with Crippen molar-refractivity contribution in [3.8, 4) is 0 Å². The van der Waals surface area contributed by atoms with Crippen LogP contribution in [0.3, 0.4) is 0 Å². The molecule has 1 aliphatic rings. The number of methoxy groups -OCH3 is 1. The molecule has 0 spiro atoms. The highest BCUT2D eigenvalue weighted by Gasteiger charge is 2.38. The number of carbonyl (C=O) groups excluding carboxylic acids is 2. The normalized spacial score (nSPS) is 18.2. The number of piperidine rings is 1. The summed E-state index contributed by atoms with van der Waals surface area (Å²) in [6, 6.07) is 0. The van der Waals surface area contributed by atoms with E-state index in [0.29, 0.717) is 6.54 Å². The standard InChI is InChI=1S/C13H18N4O3S.C2HF3O2/c1-9(18)21-12-3-4-14-6-10(12)5-11-7-15-16-17(11)8-13(19)20-2;3-2(4,5)1(6)7/h5,7,12,14H,3-4,6,8H2,1-2H3;(H,6,7)/b10-5+;. The van der Waals surface area contributed by atoms with Gasteiger partial charge in [0.25, 0.3) is 0 Å². The first-order chi connectivity index (χ1) is 13.0. The number of halogens is 3. The summed E-state index contributed by atoms with van der Waals surface area (Å²) in [5, 5.41) is 18.4. The molecule has 2 heterocycles. The van der Waals surface area contributed by atoms with Gasteiger partial charge in [0.15, 0.2) is 5.12 Å². The fraction of sp³-hybridized carbons (Fsp3) is 0.533. The smallest absolute Gasteiger partial charge is 0.475 e. The van der Waals surface area contributed by atoms with Crippen LogP contribution in [0.2, 0.25) is 0 Å². The van der Waals surface area contributed by atoms with Crippen molar-refractivity contribution in [3.05, 3.63) is 17.5 Å². The first kappa shape index (κ1) is 23.6. The largest absolute Gasteiger partial charge is 0.490 e. The quantitative estimate of drug-likeness (QED) is 0.684. The average molecular weight is 424 g/mol. The van der Waals surface area contributed by atoms with Gasteiger partial charge in [0.1, 0.15) is 6.54 Å². The fourth-order valence-corrected chi connectivity index (χ4v) is 3.06. The third-order valence-electron chi connectivity index (χ3n) is 3.36. The van der Waals surface area contributed by atoms with Crippen LogP contribution in [0.25, 0.3) is 6.08 Å². The summed E-state index contributed by atoms with van der Waals surface area (Å²) in [7, 11) is 1.34. The molecular formula is C15H19F3N4O5S. The zero-order valence-corrected chi connectivity index (χ0v) is 15.8. The molecule has 28 heavy (non-hydrogen) atoms. The van der Waals surface area contributed by atoms with Crippen LogP contribution in [-0.4, -0.2) is 68.8 Å². The number of esters is 1. The lowest BCUT2D eigenvalue weighted by Gasteiger charge is -2.24. The maximum atomic E-state index is 11.3. The summed E-state index contributed by atoms with van der Waals surface area (Å²) in [6.45, 7) is 3.21. The van der Waals surface area contributed by atoms with Crippen LogP contribution >= 0.6 is 11.8 Å². The third kappa shape index (κ3) is 8.08. The Morgan fingerprint density at radius 3 is 2.64 bits per heavy atom. The number of carbonyl (C=O) groups is 3. The van der Waals surface area contributed by atoms with Crippen molar-refractivity contribution in [2.24, 2.45) is 0 Å². The zero-order valence-electron chi connectivity index (χ0n) is 15.0. The van der Waals surface area contributed by atoms with Crippen LogP contribution in [-0.2, 0) is 25.7 Å². The van der Waals surface area contributed by atoms with E-state index >= 15 is 0 Å². The molecule has 0 saturated carbocycles. The zero-order chi connectivity index (χ0) is 21.3. The van der Waals surface area contributed by atoms with Crippen molar-refractivity contribution in [2.45, 2.75) is 31.3 Å². The van der Waals surface area contributed by atoms with Crippen LogP contribution in [0.5, 0.6) is 0 Å². The highest BCUT2D eigenvalue weighted by atomic mass is 32.2. The van der Waals surface area contributed by atoms with Gasteiger partial charge in [-0.15, -0.1) is 5.10 Å². The van der Waals surface area contributed by atoms with Crippen molar-refractivity contribution in [3.63, 3.8) is 0 Å². The number of rotatable bonds is 4. The van der Waals surface area contributed by atoms with Gasteiger partial charge in [0.2, 0.25) is 0 Å². The number of carboxylic acid groups (broad SMARTS) is 1. The minimum Gasteiger partial charge on any atom is -0.475 e. The monoisotopic (exact) mass is 424 g/mol. The molecule has 1 atom stereocenters. The van der Waals surface area contributed by atoms with Crippen LogP contribution in [0.1, 0.15) is 19.0 Å².